The van der Waals surface area contributed by atoms with E-state index in [1.54, 1.807) is 4.07 Å². The highest BCUT2D eigenvalue weighted by atomic mass is 32.1. The molecule has 0 saturated heterocycles. The van der Waals surface area contributed by atoms with Gasteiger partial charge >= 0.3 is 0 Å². The van der Waals surface area contributed by atoms with E-state index in [-0.39, 0.29) is 5.91 Å². The summed E-state index contributed by atoms with van der Waals surface area (Å²) in [5, 5.41) is 0. The Balaban J connectivity index is 2.67. The molecule has 1 rings (SSSR count). The predicted molar refractivity (Wildman–Crippen MR) is 39.3 cm³/mol. The molecule has 1 aromatic heterocycles. The second kappa shape index (κ2) is 2.79. The number of carbonyl (C=O) groups is 1. The summed E-state index contributed by atoms with van der Waals surface area (Å²) in [6.45, 7) is 3.48. The fourth-order valence-electron chi connectivity index (χ4n) is 0.604. The van der Waals surface area contributed by atoms with E-state index in [1.807, 2.05) is 19.2 Å². The van der Waals surface area contributed by atoms with Crippen molar-refractivity contribution in [2.45, 2.75) is 13.8 Å². The summed E-state index contributed by atoms with van der Waals surface area (Å²) >= 11 is 1.50. The molecule has 0 bridgehead atoms. The van der Waals surface area contributed by atoms with Crippen LogP contribution < -0.4 is 9.49 Å². The van der Waals surface area contributed by atoms with E-state index >= 15 is 0 Å². The van der Waals surface area contributed by atoms with Crippen molar-refractivity contribution >= 4 is 17.4 Å². The lowest BCUT2D eigenvalue weighted by Crippen LogP contribution is -2.43. The first-order valence-corrected chi connectivity index (χ1v) is 3.72. The summed E-state index contributed by atoms with van der Waals surface area (Å²) in [4.78, 5) is 11.7. The van der Waals surface area contributed by atoms with E-state index in [1.165, 1.54) is 23.3 Å². The maximum Gasteiger partial charge on any atom is 0.273 e. The highest BCUT2D eigenvalue weighted by molar-refractivity contribution is 7.01. The lowest BCUT2D eigenvalue weighted by atomic mass is 10.6. The lowest BCUT2D eigenvalue weighted by Gasteiger charge is -1.84. The average molecular weight is 157 g/mol. The van der Waals surface area contributed by atoms with E-state index in [0.717, 1.165) is 0 Å². The maximum atomic E-state index is 10.5. The first-order valence-electron chi connectivity index (χ1n) is 2.94. The van der Waals surface area contributed by atoms with Crippen molar-refractivity contribution in [2.24, 2.45) is 0 Å². The number of aryl methyl sites for hydroxylation is 1. The Morgan fingerprint density at radius 2 is 2.50 bits per heavy atom. The molecule has 0 aliphatic rings. The maximum absolute atomic E-state index is 10.5. The summed E-state index contributed by atoms with van der Waals surface area (Å²) in [5.74, 6) is -0.0492. The molecular weight excluding hydrogens is 148 g/mol. The van der Waals surface area contributed by atoms with Crippen LogP contribution in [0.15, 0.2) is 12.3 Å². The monoisotopic (exact) mass is 157 g/mol. The van der Waals surface area contributed by atoms with Crippen LogP contribution in [0.2, 0.25) is 0 Å². The van der Waals surface area contributed by atoms with Crippen LogP contribution in [0, 0.1) is 6.92 Å². The Hall–Kier alpha value is -0.900. The van der Waals surface area contributed by atoms with Crippen molar-refractivity contribution in [2.75, 3.05) is 5.43 Å². The number of nitrogens with one attached hydrogen (secondary N) is 1. The second-order valence-corrected chi connectivity index (χ2v) is 3.23. The van der Waals surface area contributed by atoms with E-state index in [0.29, 0.717) is 0 Å². The molecule has 0 aliphatic carbocycles. The Kier molecular flexibility index (Phi) is 2.01. The number of hydrogen-bond donors (Lipinski definition) is 1. The van der Waals surface area contributed by atoms with Gasteiger partial charge in [0.2, 0.25) is 6.20 Å². The minimum absolute atomic E-state index is 0.0492. The summed E-state index contributed by atoms with van der Waals surface area (Å²) < 4.78 is 1.68. The van der Waals surface area contributed by atoms with Crippen LogP contribution in [0.5, 0.6) is 0 Å². The largest absolute Gasteiger partial charge is 0.273 e. The van der Waals surface area contributed by atoms with Gasteiger partial charge in [-0.3, -0.25) is 4.79 Å². The van der Waals surface area contributed by atoms with Crippen LogP contribution >= 0.6 is 11.5 Å². The molecule has 4 heteroatoms. The Morgan fingerprint density at radius 3 is 2.90 bits per heavy atom. The van der Waals surface area contributed by atoms with Gasteiger partial charge in [0.15, 0.2) is 11.5 Å². The van der Waals surface area contributed by atoms with Gasteiger partial charge in [0, 0.05) is 13.0 Å². The molecule has 1 amide bonds. The van der Waals surface area contributed by atoms with Gasteiger partial charge in [-0.2, -0.15) is 0 Å². The molecule has 0 aliphatic heterocycles. The molecule has 1 aromatic rings. The molecule has 0 aromatic carbocycles. The van der Waals surface area contributed by atoms with Gasteiger partial charge in [-0.05, 0) is 11.0 Å². The van der Waals surface area contributed by atoms with Gasteiger partial charge < -0.3 is 0 Å². The van der Waals surface area contributed by atoms with Gasteiger partial charge in [-0.25, -0.2) is 0 Å². The Morgan fingerprint density at radius 1 is 1.80 bits per heavy atom. The van der Waals surface area contributed by atoms with Gasteiger partial charge in [0.1, 0.15) is 0 Å². The number of hydrogen-bond acceptors (Lipinski definition) is 2. The molecule has 0 spiro atoms. The van der Waals surface area contributed by atoms with Crippen molar-refractivity contribution in [1.82, 2.24) is 0 Å². The minimum atomic E-state index is -0.0492. The standard InChI is InChI=1S/C6H8N2OS/c1-5-3-4-8(10-5)7-6(2)9/h3-4H,1-2H3/p+1. The van der Waals surface area contributed by atoms with Crippen LogP contribution in [0.1, 0.15) is 11.8 Å². The van der Waals surface area contributed by atoms with Gasteiger partial charge in [-0.1, -0.05) is 0 Å². The molecule has 1 heterocycles. The first kappa shape index (κ1) is 7.21. The van der Waals surface area contributed by atoms with Crippen molar-refractivity contribution in [1.29, 1.82) is 0 Å². The lowest BCUT2D eigenvalue weighted by molar-refractivity contribution is -0.569. The zero-order chi connectivity index (χ0) is 7.56. The predicted octanol–water partition coefficient (Wildman–Crippen LogP) is 0.434. The third kappa shape index (κ3) is 1.80. The smallest absolute Gasteiger partial charge is 0.270 e. The van der Waals surface area contributed by atoms with Crippen LogP contribution in [0.4, 0.5) is 0 Å². The van der Waals surface area contributed by atoms with Crippen molar-refractivity contribution in [3.63, 3.8) is 0 Å². The molecule has 1 N–H and O–H groups in total. The van der Waals surface area contributed by atoms with E-state index in [4.69, 9.17) is 0 Å². The number of rotatable bonds is 1. The van der Waals surface area contributed by atoms with Crippen LogP contribution in [-0.2, 0) is 4.79 Å². The van der Waals surface area contributed by atoms with E-state index < -0.39 is 0 Å². The molecule has 0 unspecified atom stereocenters. The number of amides is 1. The number of carbonyl (C=O) groups excluding carboxylic acids is 1. The normalized spacial score (nSPS) is 9.40. The zero-order valence-corrected chi connectivity index (χ0v) is 6.73. The Bertz CT molecular complexity index is 244. The van der Waals surface area contributed by atoms with Crippen LogP contribution in [0.25, 0.3) is 0 Å². The summed E-state index contributed by atoms with van der Waals surface area (Å²) in [5.41, 5.74) is 2.62. The topological polar surface area (TPSA) is 33.0 Å². The third-order valence-corrected chi connectivity index (χ3v) is 1.79. The van der Waals surface area contributed by atoms with Gasteiger partial charge in [0.05, 0.1) is 4.88 Å². The quantitative estimate of drug-likeness (QED) is 0.589. The molecule has 0 fully saturated rings. The molecule has 3 nitrogen and oxygen atoms in total. The number of nitrogens with zero attached hydrogens (tertiary/aromatic N) is 1. The second-order valence-electron chi connectivity index (χ2n) is 2.01. The fourth-order valence-corrected chi connectivity index (χ4v) is 1.33. The first-order chi connectivity index (χ1) is 4.68. The molecular formula is C6H9N2OS+. The van der Waals surface area contributed by atoms with Gasteiger partial charge in [-0.15, -0.1) is 5.43 Å². The van der Waals surface area contributed by atoms with Gasteiger partial charge in [0.25, 0.3) is 5.91 Å². The third-order valence-electron chi connectivity index (χ3n) is 0.955. The number of aromatic nitrogens is 1. The molecule has 54 valence electrons. The molecule has 0 saturated carbocycles. The Labute approximate surface area is 63.4 Å². The highest BCUT2D eigenvalue weighted by Gasteiger charge is 2.04. The highest BCUT2D eigenvalue weighted by Crippen LogP contribution is 1.96. The minimum Gasteiger partial charge on any atom is -0.270 e. The van der Waals surface area contributed by atoms with Crippen LogP contribution in [-0.4, -0.2) is 5.91 Å². The average Bonchev–Trinajstić information content (AvgIpc) is 2.13. The SMILES string of the molecule is CC(=O)N[n+]1ccc(C)s1. The van der Waals surface area contributed by atoms with Crippen molar-refractivity contribution < 1.29 is 8.86 Å². The summed E-state index contributed by atoms with van der Waals surface area (Å²) in [6, 6.07) is 1.95. The molecule has 10 heavy (non-hydrogen) atoms. The van der Waals surface area contributed by atoms with Crippen molar-refractivity contribution in [3.8, 4) is 0 Å². The van der Waals surface area contributed by atoms with Crippen LogP contribution in [0.3, 0.4) is 0 Å². The zero-order valence-electron chi connectivity index (χ0n) is 5.92. The molecule has 0 radical (unpaired) electrons. The summed E-state index contributed by atoms with van der Waals surface area (Å²) in [7, 11) is 0. The van der Waals surface area contributed by atoms with Crippen molar-refractivity contribution in [3.05, 3.63) is 17.1 Å². The fraction of sp³-hybridized carbons (Fsp3) is 0.333. The molecule has 0 atom stereocenters. The van der Waals surface area contributed by atoms with E-state index in [2.05, 4.69) is 5.43 Å². The van der Waals surface area contributed by atoms with E-state index in [9.17, 15) is 4.79 Å². The summed E-state index contributed by atoms with van der Waals surface area (Å²) in [6.07, 6.45) is 1.82.